The number of carbonyl (C=O) groups is 1. The second kappa shape index (κ2) is 6.54. The van der Waals surface area contributed by atoms with Crippen LogP contribution in [0.5, 0.6) is 0 Å². The van der Waals surface area contributed by atoms with Gasteiger partial charge in [-0.2, -0.15) is 5.10 Å². The number of benzene rings is 1. The van der Waals surface area contributed by atoms with Gasteiger partial charge in [0.05, 0.1) is 17.4 Å². The van der Waals surface area contributed by atoms with Gasteiger partial charge >= 0.3 is 0 Å². The van der Waals surface area contributed by atoms with E-state index in [-0.39, 0.29) is 12.0 Å². The lowest BCUT2D eigenvalue weighted by molar-refractivity contribution is 0.0845. The molecule has 1 aliphatic heterocycles. The fourth-order valence-electron chi connectivity index (χ4n) is 3.27. The van der Waals surface area contributed by atoms with Crippen molar-refractivity contribution in [1.82, 2.24) is 15.1 Å². The molecule has 0 bridgehead atoms. The molecule has 1 amide bonds. The summed E-state index contributed by atoms with van der Waals surface area (Å²) in [6.45, 7) is 5.14. The highest BCUT2D eigenvalue weighted by molar-refractivity contribution is 5.96. The Balaban J connectivity index is 1.67. The van der Waals surface area contributed by atoms with Crippen LogP contribution in [0.1, 0.15) is 39.8 Å². The van der Waals surface area contributed by atoms with E-state index in [4.69, 9.17) is 4.74 Å². The number of rotatable bonds is 4. The van der Waals surface area contributed by atoms with Crippen LogP contribution >= 0.6 is 0 Å². The van der Waals surface area contributed by atoms with Gasteiger partial charge in [-0.1, -0.05) is 30.3 Å². The smallest absolute Gasteiger partial charge is 0.255 e. The zero-order valence-electron chi connectivity index (χ0n) is 13.9. The van der Waals surface area contributed by atoms with Gasteiger partial charge in [-0.3, -0.25) is 9.48 Å². The highest BCUT2D eigenvalue weighted by Crippen LogP contribution is 2.33. The Morgan fingerprint density at radius 2 is 2.09 bits per heavy atom. The van der Waals surface area contributed by atoms with E-state index in [1.54, 1.807) is 4.68 Å². The molecule has 0 radical (unpaired) electrons. The molecule has 2 atom stereocenters. The molecule has 5 nitrogen and oxygen atoms in total. The number of hydrogen-bond donors (Lipinski definition) is 1. The largest absolute Gasteiger partial charge is 0.373 e. The molecule has 1 aromatic carbocycles. The Morgan fingerprint density at radius 3 is 2.74 bits per heavy atom. The van der Waals surface area contributed by atoms with Crippen LogP contribution in [0.4, 0.5) is 0 Å². The Morgan fingerprint density at radius 1 is 1.35 bits per heavy atom. The molecule has 1 aromatic heterocycles. The predicted octanol–water partition coefficient (Wildman–Crippen LogP) is 2.54. The van der Waals surface area contributed by atoms with Gasteiger partial charge in [-0.05, 0) is 25.8 Å². The molecule has 0 aliphatic carbocycles. The van der Waals surface area contributed by atoms with Gasteiger partial charge in [0.2, 0.25) is 0 Å². The molecule has 3 rings (SSSR count). The lowest BCUT2D eigenvalue weighted by Gasteiger charge is -2.19. The summed E-state index contributed by atoms with van der Waals surface area (Å²) in [5.41, 5.74) is 3.52. The van der Waals surface area contributed by atoms with Crippen LogP contribution in [0.15, 0.2) is 30.3 Å². The summed E-state index contributed by atoms with van der Waals surface area (Å²) in [5.74, 6) is 0.255. The molecule has 1 fully saturated rings. The van der Waals surface area contributed by atoms with Gasteiger partial charge in [0.15, 0.2) is 0 Å². The van der Waals surface area contributed by atoms with E-state index in [2.05, 4.69) is 22.5 Å². The summed E-state index contributed by atoms with van der Waals surface area (Å²) >= 11 is 0. The molecular formula is C18H23N3O2. The van der Waals surface area contributed by atoms with E-state index >= 15 is 0 Å². The van der Waals surface area contributed by atoms with Crippen molar-refractivity contribution in [1.29, 1.82) is 0 Å². The molecule has 23 heavy (non-hydrogen) atoms. The highest BCUT2D eigenvalue weighted by atomic mass is 16.5. The molecule has 122 valence electrons. The Labute approximate surface area is 136 Å². The maximum Gasteiger partial charge on any atom is 0.255 e. The minimum atomic E-state index is -0.0492. The third kappa shape index (κ3) is 3.15. The minimum Gasteiger partial charge on any atom is -0.373 e. The zero-order chi connectivity index (χ0) is 16.4. The number of aryl methyl sites for hydroxylation is 2. The zero-order valence-corrected chi connectivity index (χ0v) is 13.9. The van der Waals surface area contributed by atoms with Gasteiger partial charge in [-0.15, -0.1) is 0 Å². The number of nitrogens with one attached hydrogen (secondary N) is 1. The molecule has 2 heterocycles. The molecule has 1 aliphatic rings. The van der Waals surface area contributed by atoms with E-state index in [0.29, 0.717) is 18.0 Å². The molecule has 1 saturated heterocycles. The Kier molecular flexibility index (Phi) is 4.48. The summed E-state index contributed by atoms with van der Waals surface area (Å²) in [5, 5.41) is 7.37. The Bertz CT molecular complexity index is 694. The average molecular weight is 313 g/mol. The van der Waals surface area contributed by atoms with E-state index in [1.807, 2.05) is 39.1 Å². The van der Waals surface area contributed by atoms with E-state index < -0.39 is 0 Å². The summed E-state index contributed by atoms with van der Waals surface area (Å²) in [4.78, 5) is 12.5. The number of ether oxygens (including phenoxy) is 1. The average Bonchev–Trinajstić information content (AvgIpc) is 3.11. The van der Waals surface area contributed by atoms with Crippen LogP contribution in [0, 0.1) is 19.8 Å². The number of aromatic nitrogens is 2. The van der Waals surface area contributed by atoms with Crippen LogP contribution in [-0.4, -0.2) is 28.8 Å². The summed E-state index contributed by atoms with van der Waals surface area (Å²) in [6.07, 6.45) is 1.03. The molecule has 5 heteroatoms. The second-order valence-corrected chi connectivity index (χ2v) is 6.13. The Hall–Kier alpha value is -2.14. The molecule has 1 N–H and O–H groups in total. The van der Waals surface area contributed by atoms with Crippen molar-refractivity contribution >= 4 is 5.91 Å². The maximum absolute atomic E-state index is 12.5. The first kappa shape index (κ1) is 15.7. The lowest BCUT2D eigenvalue weighted by Crippen LogP contribution is -2.31. The molecule has 0 spiro atoms. The molecular weight excluding hydrogens is 290 g/mol. The van der Waals surface area contributed by atoms with Gasteiger partial charge in [0, 0.05) is 31.8 Å². The van der Waals surface area contributed by atoms with Crippen molar-refractivity contribution in [2.45, 2.75) is 26.4 Å². The first-order valence-electron chi connectivity index (χ1n) is 8.03. The van der Waals surface area contributed by atoms with E-state index in [0.717, 1.165) is 24.4 Å². The van der Waals surface area contributed by atoms with Gasteiger partial charge in [0.1, 0.15) is 0 Å². The van der Waals surface area contributed by atoms with Crippen molar-refractivity contribution < 1.29 is 9.53 Å². The number of nitrogens with zero attached hydrogens (tertiary/aromatic N) is 2. The van der Waals surface area contributed by atoms with Crippen molar-refractivity contribution in [3.63, 3.8) is 0 Å². The first-order chi connectivity index (χ1) is 11.1. The van der Waals surface area contributed by atoms with Crippen LogP contribution in [0.25, 0.3) is 0 Å². The normalized spacial score (nSPS) is 20.7. The SMILES string of the molecule is Cc1nn(C)c(C)c1C(=O)NC[C@@H]1CCO[C@H]1c1ccccc1. The minimum absolute atomic E-state index is 0.0492. The van der Waals surface area contributed by atoms with Crippen molar-refractivity contribution in [3.8, 4) is 0 Å². The van der Waals surface area contributed by atoms with Crippen LogP contribution in [0.2, 0.25) is 0 Å². The fraction of sp³-hybridized carbons (Fsp3) is 0.444. The topological polar surface area (TPSA) is 56.2 Å². The van der Waals surface area contributed by atoms with E-state index in [1.165, 1.54) is 5.56 Å². The number of amides is 1. The summed E-state index contributed by atoms with van der Waals surface area (Å²) in [6, 6.07) is 10.2. The fourth-order valence-corrected chi connectivity index (χ4v) is 3.27. The van der Waals surface area contributed by atoms with Crippen molar-refractivity contribution in [2.75, 3.05) is 13.2 Å². The van der Waals surface area contributed by atoms with Crippen molar-refractivity contribution in [2.24, 2.45) is 13.0 Å². The van der Waals surface area contributed by atoms with Crippen LogP contribution in [0.3, 0.4) is 0 Å². The van der Waals surface area contributed by atoms with Crippen molar-refractivity contribution in [3.05, 3.63) is 52.8 Å². The quantitative estimate of drug-likeness (QED) is 0.944. The van der Waals surface area contributed by atoms with Gasteiger partial charge < -0.3 is 10.1 Å². The summed E-state index contributed by atoms with van der Waals surface area (Å²) in [7, 11) is 1.86. The second-order valence-electron chi connectivity index (χ2n) is 6.13. The van der Waals surface area contributed by atoms with Gasteiger partial charge in [0.25, 0.3) is 5.91 Å². The van der Waals surface area contributed by atoms with Gasteiger partial charge in [-0.25, -0.2) is 0 Å². The third-order valence-electron chi connectivity index (χ3n) is 4.60. The van der Waals surface area contributed by atoms with Crippen LogP contribution in [-0.2, 0) is 11.8 Å². The predicted molar refractivity (Wildman–Crippen MR) is 88.3 cm³/mol. The third-order valence-corrected chi connectivity index (χ3v) is 4.60. The van der Waals surface area contributed by atoms with Crippen LogP contribution < -0.4 is 5.32 Å². The standard InChI is InChI=1S/C18H23N3O2/c1-12-16(13(2)21(3)20-12)18(22)19-11-15-9-10-23-17(15)14-7-5-4-6-8-14/h4-8,15,17H,9-11H2,1-3H3,(H,19,22)/t15-,17-/m0/s1. The molecule has 0 unspecified atom stereocenters. The maximum atomic E-state index is 12.5. The number of hydrogen-bond acceptors (Lipinski definition) is 3. The summed E-state index contributed by atoms with van der Waals surface area (Å²) < 4.78 is 7.62. The highest BCUT2D eigenvalue weighted by Gasteiger charge is 2.30. The molecule has 0 saturated carbocycles. The first-order valence-corrected chi connectivity index (χ1v) is 8.03. The monoisotopic (exact) mass is 313 g/mol. The number of carbonyl (C=O) groups excluding carboxylic acids is 1. The molecule has 2 aromatic rings. The van der Waals surface area contributed by atoms with E-state index in [9.17, 15) is 4.79 Å². The lowest BCUT2D eigenvalue weighted by atomic mass is 9.95.